The molecule has 0 spiro atoms. The van der Waals surface area contributed by atoms with Crippen LogP contribution in [-0.2, 0) is 9.59 Å². The maximum Gasteiger partial charge on any atom is 0.275 e. The fourth-order valence-electron chi connectivity index (χ4n) is 3.04. The van der Waals surface area contributed by atoms with Crippen LogP contribution in [0.5, 0.6) is 0 Å². The summed E-state index contributed by atoms with van der Waals surface area (Å²) in [6.07, 6.45) is 0. The molecule has 0 unspecified atom stereocenters. The second kappa shape index (κ2) is 6.95. The van der Waals surface area contributed by atoms with Crippen LogP contribution >= 0.6 is 0 Å². The first-order valence-electron chi connectivity index (χ1n) is 8.73. The Morgan fingerprint density at radius 3 is 2.48 bits per heavy atom. The lowest BCUT2D eigenvalue weighted by molar-refractivity contribution is -0.131. The molecule has 1 aliphatic heterocycles. The van der Waals surface area contributed by atoms with E-state index in [-0.39, 0.29) is 29.9 Å². The molecule has 1 N–H and O–H groups in total. The molecule has 0 atom stereocenters. The van der Waals surface area contributed by atoms with Gasteiger partial charge in [-0.05, 0) is 69.2 Å². The first-order chi connectivity index (χ1) is 12.7. The Balaban J connectivity index is 1.77. The Labute approximate surface area is 157 Å². The van der Waals surface area contributed by atoms with Crippen molar-refractivity contribution in [3.63, 3.8) is 0 Å². The van der Waals surface area contributed by atoms with E-state index in [1.165, 1.54) is 29.2 Å². The molecule has 6 heteroatoms. The number of carbonyl (C=O) groups excluding carboxylic acids is 2. The lowest BCUT2D eigenvalue weighted by Gasteiger charge is -2.29. The second-order valence-corrected chi connectivity index (χ2v) is 7.15. The van der Waals surface area contributed by atoms with Gasteiger partial charge in [-0.3, -0.25) is 14.6 Å². The topological polar surface area (TPSA) is 61.8 Å². The van der Waals surface area contributed by atoms with E-state index in [0.29, 0.717) is 5.56 Å². The molecule has 0 radical (unpaired) electrons. The van der Waals surface area contributed by atoms with Gasteiger partial charge in [0, 0.05) is 11.3 Å². The molecule has 5 nitrogen and oxygen atoms in total. The summed E-state index contributed by atoms with van der Waals surface area (Å²) >= 11 is 0. The number of anilines is 1. The number of nitrogens with zero attached hydrogens (tertiary/aromatic N) is 2. The normalized spacial score (nSPS) is 15.7. The molecule has 0 saturated carbocycles. The van der Waals surface area contributed by atoms with Crippen molar-refractivity contribution in [3.05, 3.63) is 65.0 Å². The Morgan fingerprint density at radius 2 is 1.81 bits per heavy atom. The number of aliphatic imine (C=N–C) groups is 1. The first-order valence-corrected chi connectivity index (χ1v) is 8.73. The average molecular weight is 367 g/mol. The van der Waals surface area contributed by atoms with Crippen molar-refractivity contribution in [2.75, 3.05) is 11.9 Å². The van der Waals surface area contributed by atoms with E-state index in [2.05, 4.69) is 10.3 Å². The van der Waals surface area contributed by atoms with Crippen molar-refractivity contribution < 1.29 is 14.0 Å². The summed E-state index contributed by atoms with van der Waals surface area (Å²) in [5.41, 5.74) is 2.70. The van der Waals surface area contributed by atoms with Gasteiger partial charge in [0.2, 0.25) is 5.91 Å². The molecule has 0 fully saturated rings. The fraction of sp³-hybridized carbons (Fsp3) is 0.286. The molecule has 140 valence electrons. The number of benzene rings is 2. The second-order valence-electron chi connectivity index (χ2n) is 7.15. The van der Waals surface area contributed by atoms with Crippen molar-refractivity contribution >= 4 is 23.2 Å². The van der Waals surface area contributed by atoms with Gasteiger partial charge in [-0.25, -0.2) is 4.39 Å². The highest BCUT2D eigenvalue weighted by atomic mass is 19.1. The van der Waals surface area contributed by atoms with Crippen molar-refractivity contribution in [3.8, 4) is 0 Å². The molecular formula is C21H22FN3O2. The lowest BCUT2D eigenvalue weighted by atomic mass is 10.1. The van der Waals surface area contributed by atoms with Crippen LogP contribution in [0.25, 0.3) is 0 Å². The number of hydrogen-bond donors (Lipinski definition) is 1. The van der Waals surface area contributed by atoms with Crippen LogP contribution in [-0.4, -0.2) is 34.6 Å². The summed E-state index contributed by atoms with van der Waals surface area (Å²) in [6.45, 7) is 7.33. The van der Waals surface area contributed by atoms with E-state index in [1.54, 1.807) is 13.8 Å². The van der Waals surface area contributed by atoms with E-state index >= 15 is 0 Å². The van der Waals surface area contributed by atoms with E-state index < -0.39 is 5.66 Å². The zero-order chi connectivity index (χ0) is 19.8. The number of halogens is 1. The highest BCUT2D eigenvalue weighted by molar-refractivity contribution is 6.47. The summed E-state index contributed by atoms with van der Waals surface area (Å²) in [7, 11) is 0. The molecular weight excluding hydrogens is 345 g/mol. The molecule has 27 heavy (non-hydrogen) atoms. The van der Waals surface area contributed by atoms with Gasteiger partial charge >= 0.3 is 0 Å². The minimum absolute atomic E-state index is 0.118. The summed E-state index contributed by atoms with van der Waals surface area (Å²) in [4.78, 5) is 31.3. The van der Waals surface area contributed by atoms with Crippen LogP contribution in [0.15, 0.2) is 47.5 Å². The van der Waals surface area contributed by atoms with Gasteiger partial charge in [-0.1, -0.05) is 12.1 Å². The van der Waals surface area contributed by atoms with Crippen molar-refractivity contribution in [1.29, 1.82) is 0 Å². The number of hydrogen-bond acceptors (Lipinski definition) is 3. The molecule has 2 amide bonds. The number of nitrogens with one attached hydrogen (secondary N) is 1. The van der Waals surface area contributed by atoms with Crippen LogP contribution in [0.4, 0.5) is 10.1 Å². The van der Waals surface area contributed by atoms with Crippen LogP contribution in [0, 0.1) is 19.7 Å². The molecule has 0 aliphatic carbocycles. The number of carbonyl (C=O) groups is 2. The van der Waals surface area contributed by atoms with Gasteiger partial charge in [0.1, 0.15) is 23.7 Å². The molecule has 2 aromatic rings. The molecule has 1 aliphatic rings. The van der Waals surface area contributed by atoms with Gasteiger partial charge in [-0.2, -0.15) is 0 Å². The number of amides is 2. The zero-order valence-electron chi connectivity index (χ0n) is 15.8. The molecule has 3 rings (SSSR count). The summed E-state index contributed by atoms with van der Waals surface area (Å²) < 4.78 is 13.2. The molecule has 0 saturated heterocycles. The first kappa shape index (κ1) is 18.8. The Bertz CT molecular complexity index is 933. The summed E-state index contributed by atoms with van der Waals surface area (Å²) in [5, 5.41) is 2.86. The van der Waals surface area contributed by atoms with Crippen molar-refractivity contribution in [2.24, 2.45) is 4.99 Å². The Morgan fingerprint density at radius 1 is 1.15 bits per heavy atom. The van der Waals surface area contributed by atoms with Gasteiger partial charge in [-0.15, -0.1) is 0 Å². The summed E-state index contributed by atoms with van der Waals surface area (Å²) in [6, 6.07) is 11.3. The van der Waals surface area contributed by atoms with Crippen molar-refractivity contribution in [1.82, 2.24) is 4.90 Å². The van der Waals surface area contributed by atoms with E-state index in [9.17, 15) is 14.0 Å². The smallest absolute Gasteiger partial charge is 0.275 e. The van der Waals surface area contributed by atoms with Gasteiger partial charge in [0.25, 0.3) is 5.91 Å². The maximum atomic E-state index is 13.2. The van der Waals surface area contributed by atoms with Gasteiger partial charge < -0.3 is 10.2 Å². The largest absolute Gasteiger partial charge is 0.324 e. The maximum absolute atomic E-state index is 13.2. The molecule has 0 aromatic heterocycles. The third-order valence-corrected chi connectivity index (χ3v) is 4.79. The standard InChI is InChI=1S/C21H22FN3O2/c1-13-6-5-7-17(14(13)2)23-18(26)12-25-20(27)19(24-21(25,3)4)15-8-10-16(22)11-9-15/h5-11H,12H2,1-4H3,(H,23,26). The highest BCUT2D eigenvalue weighted by Crippen LogP contribution is 2.26. The lowest BCUT2D eigenvalue weighted by Crippen LogP contribution is -2.46. The van der Waals surface area contributed by atoms with E-state index in [4.69, 9.17) is 0 Å². The minimum Gasteiger partial charge on any atom is -0.324 e. The van der Waals surface area contributed by atoms with Crippen LogP contribution in [0.2, 0.25) is 0 Å². The van der Waals surface area contributed by atoms with E-state index in [0.717, 1.165) is 16.8 Å². The predicted octanol–water partition coefficient (Wildman–Crippen LogP) is 3.45. The van der Waals surface area contributed by atoms with Gasteiger partial charge in [0.15, 0.2) is 0 Å². The van der Waals surface area contributed by atoms with Crippen molar-refractivity contribution in [2.45, 2.75) is 33.4 Å². The van der Waals surface area contributed by atoms with Gasteiger partial charge in [0.05, 0.1) is 0 Å². The summed E-state index contributed by atoms with van der Waals surface area (Å²) in [5.74, 6) is -1.02. The van der Waals surface area contributed by atoms with Crippen LogP contribution < -0.4 is 5.32 Å². The molecule has 2 aromatic carbocycles. The monoisotopic (exact) mass is 367 g/mol. The molecule has 1 heterocycles. The third-order valence-electron chi connectivity index (χ3n) is 4.79. The Kier molecular flexibility index (Phi) is 4.83. The third kappa shape index (κ3) is 3.74. The fourth-order valence-corrected chi connectivity index (χ4v) is 3.04. The van der Waals surface area contributed by atoms with Crippen LogP contribution in [0.1, 0.15) is 30.5 Å². The van der Waals surface area contributed by atoms with Crippen LogP contribution in [0.3, 0.4) is 0 Å². The number of rotatable bonds is 4. The Hall–Kier alpha value is -3.02. The van der Waals surface area contributed by atoms with E-state index in [1.807, 2.05) is 32.0 Å². The zero-order valence-corrected chi connectivity index (χ0v) is 15.8. The SMILES string of the molecule is Cc1cccc(NC(=O)CN2C(=O)C(c3ccc(F)cc3)=NC2(C)C)c1C. The molecule has 0 bridgehead atoms. The highest BCUT2D eigenvalue weighted by Gasteiger charge is 2.41. The quantitative estimate of drug-likeness (QED) is 0.900. The number of aryl methyl sites for hydroxylation is 1. The predicted molar refractivity (Wildman–Crippen MR) is 103 cm³/mol. The average Bonchev–Trinajstić information content (AvgIpc) is 2.83. The minimum atomic E-state index is -0.861.